The number of likely N-dealkylation sites (N-methyl/N-ethyl adjacent to an activating group) is 1. The van der Waals surface area contributed by atoms with E-state index in [0.29, 0.717) is 26.2 Å². The maximum absolute atomic E-state index is 13.1. The highest BCUT2D eigenvalue weighted by atomic mass is 35.5. The van der Waals surface area contributed by atoms with Gasteiger partial charge in [-0.25, -0.2) is 12.8 Å². The average molecular weight is 307 g/mol. The third-order valence-corrected chi connectivity index (χ3v) is 5.49. The Kier molecular flexibility index (Phi) is 4.45. The highest BCUT2D eigenvalue weighted by molar-refractivity contribution is 7.89. The quantitative estimate of drug-likeness (QED) is 0.855. The van der Waals surface area contributed by atoms with Gasteiger partial charge >= 0.3 is 0 Å². The molecule has 1 aliphatic heterocycles. The molecule has 1 saturated heterocycles. The van der Waals surface area contributed by atoms with Crippen molar-refractivity contribution in [1.29, 1.82) is 0 Å². The highest BCUT2D eigenvalue weighted by Gasteiger charge is 2.28. The lowest BCUT2D eigenvalue weighted by Crippen LogP contribution is -2.48. The summed E-state index contributed by atoms with van der Waals surface area (Å²) >= 11 is 5.64. The Balaban J connectivity index is 2.21. The molecule has 7 heteroatoms. The molecule has 0 N–H and O–H groups in total. The molecule has 0 radical (unpaired) electrons. The Labute approximate surface area is 117 Å². The van der Waals surface area contributed by atoms with Crippen LogP contribution in [0.1, 0.15) is 6.92 Å². The van der Waals surface area contributed by atoms with E-state index in [4.69, 9.17) is 11.6 Å². The average Bonchev–Trinajstić information content (AvgIpc) is 2.41. The molecule has 106 valence electrons. The van der Waals surface area contributed by atoms with Gasteiger partial charge in [-0.05, 0) is 24.7 Å². The van der Waals surface area contributed by atoms with E-state index in [0.717, 1.165) is 12.6 Å². The van der Waals surface area contributed by atoms with Gasteiger partial charge in [-0.15, -0.1) is 0 Å². The Hall–Kier alpha value is -0.690. The predicted octanol–water partition coefficient (Wildman–Crippen LogP) is 1.81. The van der Waals surface area contributed by atoms with Crippen molar-refractivity contribution in [1.82, 2.24) is 9.21 Å². The number of hydrogen-bond donors (Lipinski definition) is 0. The normalized spacial score (nSPS) is 18.7. The van der Waals surface area contributed by atoms with Gasteiger partial charge in [0.2, 0.25) is 10.0 Å². The second-order valence-electron chi connectivity index (χ2n) is 4.41. The number of hydrogen-bond acceptors (Lipinski definition) is 3. The third-order valence-electron chi connectivity index (χ3n) is 3.31. The molecule has 1 heterocycles. The second kappa shape index (κ2) is 5.75. The molecule has 0 saturated carbocycles. The van der Waals surface area contributed by atoms with Gasteiger partial charge in [0, 0.05) is 26.2 Å². The number of halogens is 2. The van der Waals surface area contributed by atoms with Crippen LogP contribution >= 0.6 is 11.6 Å². The molecule has 1 aromatic carbocycles. The molecule has 0 amide bonds. The van der Waals surface area contributed by atoms with Gasteiger partial charge in [0.1, 0.15) is 5.82 Å². The van der Waals surface area contributed by atoms with E-state index in [1.165, 1.54) is 16.4 Å². The smallest absolute Gasteiger partial charge is 0.243 e. The molecule has 2 rings (SSSR count). The molecule has 4 nitrogen and oxygen atoms in total. The maximum Gasteiger partial charge on any atom is 0.243 e. The van der Waals surface area contributed by atoms with Crippen molar-refractivity contribution in [3.05, 3.63) is 29.0 Å². The summed E-state index contributed by atoms with van der Waals surface area (Å²) in [6.07, 6.45) is 0. The lowest BCUT2D eigenvalue weighted by atomic mass is 10.3. The highest BCUT2D eigenvalue weighted by Crippen LogP contribution is 2.23. The lowest BCUT2D eigenvalue weighted by Gasteiger charge is -2.33. The fraction of sp³-hybridized carbons (Fsp3) is 0.500. The monoisotopic (exact) mass is 306 g/mol. The number of benzene rings is 1. The third kappa shape index (κ3) is 3.08. The van der Waals surface area contributed by atoms with Gasteiger partial charge in [0.25, 0.3) is 0 Å². The Bertz CT molecular complexity index is 557. The predicted molar refractivity (Wildman–Crippen MR) is 72.3 cm³/mol. The first kappa shape index (κ1) is 14.7. The van der Waals surface area contributed by atoms with Crippen LogP contribution in [0.3, 0.4) is 0 Å². The number of sulfonamides is 1. The number of piperazine rings is 1. The van der Waals surface area contributed by atoms with E-state index < -0.39 is 15.8 Å². The summed E-state index contributed by atoms with van der Waals surface area (Å²) in [5.41, 5.74) is 0. The minimum Gasteiger partial charge on any atom is -0.301 e. The molecular weight excluding hydrogens is 291 g/mol. The van der Waals surface area contributed by atoms with Crippen LogP contribution < -0.4 is 0 Å². The van der Waals surface area contributed by atoms with Crippen molar-refractivity contribution in [3.63, 3.8) is 0 Å². The molecule has 19 heavy (non-hydrogen) atoms. The van der Waals surface area contributed by atoms with Crippen LogP contribution in [0.25, 0.3) is 0 Å². The number of rotatable bonds is 3. The van der Waals surface area contributed by atoms with Gasteiger partial charge in [-0.2, -0.15) is 4.31 Å². The summed E-state index contributed by atoms with van der Waals surface area (Å²) in [6, 6.07) is 3.50. The molecule has 1 fully saturated rings. The van der Waals surface area contributed by atoms with E-state index in [1.54, 1.807) is 0 Å². The van der Waals surface area contributed by atoms with Gasteiger partial charge < -0.3 is 4.90 Å². The van der Waals surface area contributed by atoms with Gasteiger partial charge in [-0.1, -0.05) is 18.5 Å². The molecule has 0 atom stereocenters. The van der Waals surface area contributed by atoms with E-state index in [9.17, 15) is 12.8 Å². The van der Waals surface area contributed by atoms with Crippen LogP contribution in [0.2, 0.25) is 5.02 Å². The SMILES string of the molecule is CCN1CCN(S(=O)(=O)c2ccc(F)c(Cl)c2)CC1. The fourth-order valence-corrected chi connectivity index (χ4v) is 3.77. The number of nitrogens with zero attached hydrogens (tertiary/aromatic N) is 2. The summed E-state index contributed by atoms with van der Waals surface area (Å²) in [4.78, 5) is 2.23. The molecule has 0 unspecified atom stereocenters. The van der Waals surface area contributed by atoms with E-state index in [2.05, 4.69) is 4.90 Å². The first-order valence-corrected chi connectivity index (χ1v) is 7.94. The Morgan fingerprint density at radius 2 is 1.89 bits per heavy atom. The summed E-state index contributed by atoms with van der Waals surface area (Å²) < 4.78 is 39.2. The van der Waals surface area contributed by atoms with Crippen molar-refractivity contribution >= 4 is 21.6 Å². The zero-order valence-corrected chi connectivity index (χ0v) is 12.2. The summed E-state index contributed by atoms with van der Waals surface area (Å²) in [7, 11) is -3.58. The zero-order chi connectivity index (χ0) is 14.0. The summed E-state index contributed by atoms with van der Waals surface area (Å²) in [5.74, 6) is -0.614. The van der Waals surface area contributed by atoms with Gasteiger partial charge in [-0.3, -0.25) is 0 Å². The van der Waals surface area contributed by atoms with Crippen LogP contribution in [0.5, 0.6) is 0 Å². The van der Waals surface area contributed by atoms with Gasteiger partial charge in [0.05, 0.1) is 9.92 Å². The fourth-order valence-electron chi connectivity index (χ4n) is 2.07. The maximum atomic E-state index is 13.1. The van der Waals surface area contributed by atoms with E-state index >= 15 is 0 Å². The Morgan fingerprint density at radius 3 is 2.42 bits per heavy atom. The van der Waals surface area contributed by atoms with Crippen molar-refractivity contribution in [3.8, 4) is 0 Å². The second-order valence-corrected chi connectivity index (χ2v) is 6.76. The lowest BCUT2D eigenvalue weighted by molar-refractivity contribution is 0.196. The van der Waals surface area contributed by atoms with Crippen molar-refractivity contribution in [2.75, 3.05) is 32.7 Å². The van der Waals surface area contributed by atoms with E-state index in [-0.39, 0.29) is 9.92 Å². The zero-order valence-electron chi connectivity index (χ0n) is 10.6. The topological polar surface area (TPSA) is 40.6 Å². The molecule has 0 spiro atoms. The van der Waals surface area contributed by atoms with Crippen molar-refractivity contribution in [2.24, 2.45) is 0 Å². The standard InChI is InChI=1S/C12H16ClFN2O2S/c1-2-15-5-7-16(8-6-15)19(17,18)10-3-4-12(14)11(13)9-10/h3-4,9H,2,5-8H2,1H3. The summed E-state index contributed by atoms with van der Waals surface area (Å²) in [6.45, 7) is 5.28. The van der Waals surface area contributed by atoms with Crippen LogP contribution in [-0.4, -0.2) is 50.3 Å². The molecule has 0 bridgehead atoms. The van der Waals surface area contributed by atoms with Crippen LogP contribution in [0.4, 0.5) is 4.39 Å². The molecule has 0 aromatic heterocycles. The first-order valence-electron chi connectivity index (χ1n) is 6.12. The molecule has 0 aliphatic carbocycles. The van der Waals surface area contributed by atoms with Gasteiger partial charge in [0.15, 0.2) is 0 Å². The summed E-state index contributed by atoms with van der Waals surface area (Å²) in [5, 5.41) is -0.173. The molecular formula is C12H16ClFN2O2S. The molecule has 1 aromatic rings. The van der Waals surface area contributed by atoms with Crippen molar-refractivity contribution in [2.45, 2.75) is 11.8 Å². The van der Waals surface area contributed by atoms with Crippen LogP contribution in [0, 0.1) is 5.82 Å². The van der Waals surface area contributed by atoms with Crippen LogP contribution in [-0.2, 0) is 10.0 Å². The largest absolute Gasteiger partial charge is 0.301 e. The Morgan fingerprint density at radius 1 is 1.26 bits per heavy atom. The minimum absolute atomic E-state index is 0.0452. The first-order chi connectivity index (χ1) is 8.95. The minimum atomic E-state index is -3.58. The van der Waals surface area contributed by atoms with E-state index in [1.807, 2.05) is 6.92 Å². The van der Waals surface area contributed by atoms with Crippen molar-refractivity contribution < 1.29 is 12.8 Å². The molecule has 1 aliphatic rings. The van der Waals surface area contributed by atoms with Crippen LogP contribution in [0.15, 0.2) is 23.1 Å².